The Balaban J connectivity index is 1.34. The van der Waals surface area contributed by atoms with Gasteiger partial charge in [-0.25, -0.2) is 0 Å². The summed E-state index contributed by atoms with van der Waals surface area (Å²) in [7, 11) is 0. The molecule has 1 saturated carbocycles. The fraction of sp³-hybridized carbons (Fsp3) is 0.484. The van der Waals surface area contributed by atoms with E-state index in [4.69, 9.17) is 11.6 Å². The van der Waals surface area contributed by atoms with Crippen LogP contribution in [-0.2, 0) is 16.0 Å². The zero-order valence-corrected chi connectivity index (χ0v) is 22.6. The molecule has 0 unspecified atom stereocenters. The van der Waals surface area contributed by atoms with Gasteiger partial charge in [-0.15, -0.1) is 0 Å². The summed E-state index contributed by atoms with van der Waals surface area (Å²) < 4.78 is 0. The van der Waals surface area contributed by atoms with E-state index in [1.807, 2.05) is 46.2 Å². The molecule has 2 amide bonds. The Morgan fingerprint density at radius 1 is 1.00 bits per heavy atom. The van der Waals surface area contributed by atoms with Gasteiger partial charge in [0.15, 0.2) is 0 Å². The average Bonchev–Trinajstić information content (AvgIpc) is 3.58. The number of halogens is 1. The van der Waals surface area contributed by atoms with Crippen molar-refractivity contribution in [2.75, 3.05) is 36.0 Å². The predicted octanol–water partition coefficient (Wildman–Crippen LogP) is 6.34. The zero-order valence-electron chi connectivity index (χ0n) is 21.9. The van der Waals surface area contributed by atoms with E-state index in [1.165, 1.54) is 44.2 Å². The van der Waals surface area contributed by atoms with Crippen LogP contribution in [0.15, 0.2) is 48.5 Å². The van der Waals surface area contributed by atoms with Gasteiger partial charge in [0.05, 0.1) is 0 Å². The number of benzene rings is 2. The molecule has 0 radical (unpaired) electrons. The Labute approximate surface area is 226 Å². The van der Waals surface area contributed by atoms with Crippen molar-refractivity contribution in [3.05, 3.63) is 64.7 Å². The van der Waals surface area contributed by atoms with Crippen molar-refractivity contribution >= 4 is 40.9 Å². The second-order valence-corrected chi connectivity index (χ2v) is 11.3. The van der Waals surface area contributed by atoms with E-state index in [9.17, 15) is 9.59 Å². The molecule has 3 aliphatic rings. The number of likely N-dealkylation sites (tertiary alicyclic amines) is 1. The molecule has 6 heteroatoms. The maximum atomic E-state index is 13.7. The summed E-state index contributed by atoms with van der Waals surface area (Å²) in [6.07, 6.45) is 13.2. The van der Waals surface area contributed by atoms with E-state index in [0.29, 0.717) is 11.6 Å². The lowest BCUT2D eigenvalue weighted by Crippen LogP contribution is -2.47. The number of hydrogen-bond donors (Lipinski definition) is 0. The smallest absolute Gasteiger partial charge is 0.251 e. The minimum Gasteiger partial charge on any atom is -0.312 e. The molecule has 0 atom stereocenters. The third-order valence-electron chi connectivity index (χ3n) is 8.40. The van der Waals surface area contributed by atoms with Gasteiger partial charge in [0.25, 0.3) is 5.91 Å². The summed E-state index contributed by atoms with van der Waals surface area (Å²) in [6.45, 7) is 5.53. The van der Waals surface area contributed by atoms with E-state index < -0.39 is 0 Å². The summed E-state index contributed by atoms with van der Waals surface area (Å²) in [5.74, 6) is 0.933. The fourth-order valence-corrected chi connectivity index (χ4v) is 6.38. The normalized spacial score (nSPS) is 19.0. The van der Waals surface area contributed by atoms with Crippen molar-refractivity contribution in [1.82, 2.24) is 4.90 Å². The van der Waals surface area contributed by atoms with Crippen LogP contribution in [0.4, 0.5) is 11.4 Å². The number of hydrogen-bond acceptors (Lipinski definition) is 3. The number of rotatable bonds is 7. The van der Waals surface area contributed by atoms with Gasteiger partial charge >= 0.3 is 0 Å². The molecule has 5 rings (SSSR count). The van der Waals surface area contributed by atoms with Crippen molar-refractivity contribution in [2.45, 2.75) is 64.3 Å². The summed E-state index contributed by atoms with van der Waals surface area (Å²) in [4.78, 5) is 32.3. The second-order valence-electron chi connectivity index (χ2n) is 10.8. The largest absolute Gasteiger partial charge is 0.312 e. The Morgan fingerprint density at radius 2 is 1.73 bits per heavy atom. The molecule has 2 aromatic carbocycles. The first-order valence-electron chi connectivity index (χ1n) is 13.9. The van der Waals surface area contributed by atoms with Gasteiger partial charge in [-0.05, 0) is 79.6 Å². The quantitative estimate of drug-likeness (QED) is 0.401. The number of nitrogens with zero attached hydrogens (tertiary/aromatic N) is 3. The minimum absolute atomic E-state index is 0.0216. The Kier molecular flexibility index (Phi) is 8.31. The zero-order chi connectivity index (χ0) is 25.8. The standard InChI is InChI=1S/C31H38ClN3O2/c1-23(36)34-21-15-26-9-12-29(22-30(26)34)35(31(37)13-8-25-6-10-27(32)11-7-25)28-16-19-33(20-17-28)18-14-24-4-2-3-5-24/h6-13,22,24,28H,2-5,14-21H2,1H3/b13-8-. The summed E-state index contributed by atoms with van der Waals surface area (Å²) in [5.41, 5.74) is 3.93. The number of carbonyl (C=O) groups excluding carboxylic acids is 2. The van der Waals surface area contributed by atoms with E-state index in [2.05, 4.69) is 17.0 Å². The molecular weight excluding hydrogens is 482 g/mol. The van der Waals surface area contributed by atoms with Crippen LogP contribution in [0.5, 0.6) is 0 Å². The van der Waals surface area contributed by atoms with Crippen LogP contribution in [0.2, 0.25) is 5.02 Å². The van der Waals surface area contributed by atoms with Gasteiger partial charge in [0.1, 0.15) is 0 Å². The van der Waals surface area contributed by atoms with E-state index >= 15 is 0 Å². The maximum Gasteiger partial charge on any atom is 0.251 e. The predicted molar refractivity (Wildman–Crippen MR) is 152 cm³/mol. The fourth-order valence-electron chi connectivity index (χ4n) is 6.25. The Bertz CT molecular complexity index is 1130. The van der Waals surface area contributed by atoms with Gasteiger partial charge in [-0.3, -0.25) is 9.59 Å². The topological polar surface area (TPSA) is 43.9 Å². The van der Waals surface area contributed by atoms with Crippen molar-refractivity contribution in [2.24, 2.45) is 5.92 Å². The van der Waals surface area contributed by atoms with Gasteiger partial charge < -0.3 is 14.7 Å². The summed E-state index contributed by atoms with van der Waals surface area (Å²) >= 11 is 6.03. The van der Waals surface area contributed by atoms with Crippen LogP contribution in [0.1, 0.15) is 63.0 Å². The molecule has 2 fully saturated rings. The first-order chi connectivity index (χ1) is 18.0. The highest BCUT2D eigenvalue weighted by Crippen LogP contribution is 2.35. The lowest BCUT2D eigenvalue weighted by atomic mass is 9.99. The lowest BCUT2D eigenvalue weighted by Gasteiger charge is -2.38. The third-order valence-corrected chi connectivity index (χ3v) is 8.65. The number of amides is 2. The molecule has 2 aromatic rings. The molecule has 2 heterocycles. The Morgan fingerprint density at radius 3 is 2.43 bits per heavy atom. The molecule has 1 saturated heterocycles. The number of fused-ring (bicyclic) bond motifs is 1. The molecule has 37 heavy (non-hydrogen) atoms. The molecule has 196 valence electrons. The van der Waals surface area contributed by atoms with Crippen LogP contribution in [0, 0.1) is 5.92 Å². The van der Waals surface area contributed by atoms with Gasteiger partial charge in [-0.1, -0.05) is 55.5 Å². The van der Waals surface area contributed by atoms with Crippen molar-refractivity contribution in [3.63, 3.8) is 0 Å². The van der Waals surface area contributed by atoms with E-state index in [0.717, 1.165) is 55.2 Å². The first kappa shape index (κ1) is 26.0. The molecule has 0 N–H and O–H groups in total. The van der Waals surface area contributed by atoms with Gasteiger partial charge in [0.2, 0.25) is 5.91 Å². The average molecular weight is 520 g/mol. The van der Waals surface area contributed by atoms with Crippen LogP contribution in [0.3, 0.4) is 0 Å². The number of carbonyl (C=O) groups is 2. The number of anilines is 2. The SMILES string of the molecule is CC(=O)N1CCc2ccc(N(C(=O)/C=C\c3ccc(Cl)cc3)C3CCN(CCC4CCCC4)CC3)cc21. The molecule has 0 aromatic heterocycles. The molecule has 0 spiro atoms. The number of piperidine rings is 1. The lowest BCUT2D eigenvalue weighted by molar-refractivity contribution is -0.116. The van der Waals surface area contributed by atoms with E-state index in [1.54, 1.807) is 13.0 Å². The second kappa shape index (κ2) is 11.8. The monoisotopic (exact) mass is 519 g/mol. The molecule has 5 nitrogen and oxygen atoms in total. The Hall–Kier alpha value is -2.63. The van der Waals surface area contributed by atoms with Crippen LogP contribution >= 0.6 is 11.6 Å². The third kappa shape index (κ3) is 6.27. The summed E-state index contributed by atoms with van der Waals surface area (Å²) in [5, 5.41) is 0.679. The van der Waals surface area contributed by atoms with Crippen molar-refractivity contribution in [3.8, 4) is 0 Å². The van der Waals surface area contributed by atoms with Gasteiger partial charge in [0, 0.05) is 55.1 Å². The highest BCUT2D eigenvalue weighted by Gasteiger charge is 2.30. The highest BCUT2D eigenvalue weighted by molar-refractivity contribution is 6.30. The maximum absolute atomic E-state index is 13.7. The summed E-state index contributed by atoms with van der Waals surface area (Å²) in [6, 6.07) is 13.8. The van der Waals surface area contributed by atoms with Crippen LogP contribution < -0.4 is 9.80 Å². The van der Waals surface area contributed by atoms with Gasteiger partial charge in [-0.2, -0.15) is 0 Å². The van der Waals surface area contributed by atoms with E-state index in [-0.39, 0.29) is 17.9 Å². The molecule has 2 aliphatic heterocycles. The highest BCUT2D eigenvalue weighted by atomic mass is 35.5. The molecule has 0 bridgehead atoms. The molecular formula is C31H38ClN3O2. The van der Waals surface area contributed by atoms with Crippen molar-refractivity contribution < 1.29 is 9.59 Å². The minimum atomic E-state index is -0.0216. The van der Waals surface area contributed by atoms with Crippen molar-refractivity contribution in [1.29, 1.82) is 0 Å². The van der Waals surface area contributed by atoms with Crippen LogP contribution in [-0.4, -0.2) is 48.9 Å². The van der Waals surface area contributed by atoms with Crippen LogP contribution in [0.25, 0.3) is 6.08 Å². The first-order valence-corrected chi connectivity index (χ1v) is 14.3. The molecule has 1 aliphatic carbocycles.